The molecule has 10 nitrogen and oxygen atoms in total. The van der Waals surface area contributed by atoms with Gasteiger partial charge in [-0.1, -0.05) is 0 Å². The van der Waals surface area contributed by atoms with E-state index in [1.807, 2.05) is 0 Å². The van der Waals surface area contributed by atoms with Crippen LogP contribution in [-0.2, 0) is 13.8 Å². The van der Waals surface area contributed by atoms with Gasteiger partial charge in [0.15, 0.2) is 0 Å². The molecule has 0 radical (unpaired) electrons. The number of aromatic nitrogens is 1. The van der Waals surface area contributed by atoms with Crippen molar-refractivity contribution in [3.8, 4) is 0 Å². The highest BCUT2D eigenvalue weighted by atomic mass is 32.1. The maximum Gasteiger partial charge on any atom is 0.469 e. The number of thiazole rings is 1. The van der Waals surface area contributed by atoms with E-state index in [1.54, 1.807) is 0 Å². The zero-order chi connectivity index (χ0) is 15.8. The lowest BCUT2D eigenvalue weighted by molar-refractivity contribution is -0.0224. The summed E-state index contributed by atoms with van der Waals surface area (Å²) in [5, 5.41) is 21.3. The number of aliphatic hydroxyl groups is 2. The van der Waals surface area contributed by atoms with Crippen molar-refractivity contribution >= 4 is 25.1 Å². The fraction of sp³-hybridized carbons (Fsp3) is 0.556. The van der Waals surface area contributed by atoms with E-state index in [0.717, 1.165) is 11.3 Å². The summed E-state index contributed by atoms with van der Waals surface area (Å²) in [7, 11) is -4.71. The van der Waals surface area contributed by atoms with Crippen LogP contribution in [0, 0.1) is 0 Å². The van der Waals surface area contributed by atoms with Crippen molar-refractivity contribution in [1.82, 2.24) is 4.98 Å². The topological polar surface area (TPSA) is 172 Å². The Morgan fingerprint density at radius 1 is 1.48 bits per heavy atom. The van der Waals surface area contributed by atoms with Crippen molar-refractivity contribution in [2.45, 2.75) is 24.4 Å². The Hall–Kier alpha value is -0.910. The van der Waals surface area contributed by atoms with Gasteiger partial charge in [-0.05, 0) is 0 Å². The molecule has 1 fully saturated rings. The number of carbonyl (C=O) groups excluding carboxylic acids is 1. The highest BCUT2D eigenvalue weighted by Crippen LogP contribution is 2.39. The first kappa shape index (κ1) is 16.5. The second-order valence-corrected chi connectivity index (χ2v) is 6.43. The summed E-state index contributed by atoms with van der Waals surface area (Å²) < 4.78 is 20.1. The number of hydrogen-bond donors (Lipinski definition) is 5. The van der Waals surface area contributed by atoms with Crippen molar-refractivity contribution in [1.29, 1.82) is 0 Å². The third-order valence-electron chi connectivity index (χ3n) is 2.79. The Bertz CT molecular complexity index is 574. The molecule has 1 aromatic rings. The summed E-state index contributed by atoms with van der Waals surface area (Å²) in [6.07, 6.45) is -4.97. The summed E-state index contributed by atoms with van der Waals surface area (Å²) in [6, 6.07) is 0. The number of phosphoric acid groups is 1. The van der Waals surface area contributed by atoms with Gasteiger partial charge < -0.3 is 30.5 Å². The van der Waals surface area contributed by atoms with Crippen molar-refractivity contribution in [3.05, 3.63) is 16.1 Å². The largest absolute Gasteiger partial charge is 0.469 e. The Labute approximate surface area is 122 Å². The number of aliphatic hydroxyl groups excluding tert-OH is 2. The molecule has 21 heavy (non-hydrogen) atoms. The molecule has 1 aliphatic heterocycles. The SMILES string of the molecule is NC(=O)c1csc([C@@H]2O[C@@H](COP(=O)(O)O)[C@@H](O)[C@H]2O)n1. The highest BCUT2D eigenvalue weighted by Gasteiger charge is 2.45. The van der Waals surface area contributed by atoms with Crippen molar-refractivity contribution in [2.75, 3.05) is 6.61 Å². The monoisotopic (exact) mass is 340 g/mol. The Morgan fingerprint density at radius 3 is 2.67 bits per heavy atom. The lowest BCUT2D eigenvalue weighted by Gasteiger charge is -2.14. The van der Waals surface area contributed by atoms with Gasteiger partial charge in [-0.2, -0.15) is 0 Å². The predicted molar refractivity (Wildman–Crippen MR) is 68.3 cm³/mol. The average molecular weight is 340 g/mol. The lowest BCUT2D eigenvalue weighted by Crippen LogP contribution is -2.33. The van der Waals surface area contributed by atoms with Gasteiger partial charge in [-0.25, -0.2) is 9.55 Å². The number of phosphoric ester groups is 1. The molecule has 0 aromatic carbocycles. The summed E-state index contributed by atoms with van der Waals surface area (Å²) in [5.74, 6) is -0.744. The van der Waals surface area contributed by atoms with Gasteiger partial charge in [-0.15, -0.1) is 11.3 Å². The van der Waals surface area contributed by atoms with Gasteiger partial charge in [0.05, 0.1) is 6.61 Å². The molecule has 0 aliphatic carbocycles. The molecule has 1 saturated heterocycles. The van der Waals surface area contributed by atoms with E-state index in [2.05, 4.69) is 9.51 Å². The molecule has 118 valence electrons. The van der Waals surface area contributed by atoms with Crippen LogP contribution in [-0.4, -0.2) is 55.8 Å². The van der Waals surface area contributed by atoms with E-state index in [1.165, 1.54) is 5.38 Å². The second kappa shape index (κ2) is 6.07. The highest BCUT2D eigenvalue weighted by molar-refractivity contribution is 7.46. The summed E-state index contributed by atoms with van der Waals surface area (Å²) >= 11 is 1.00. The normalized spacial score (nSPS) is 29.7. The van der Waals surface area contributed by atoms with E-state index < -0.39 is 44.8 Å². The predicted octanol–water partition coefficient (Wildman–Crippen LogP) is -1.49. The zero-order valence-electron chi connectivity index (χ0n) is 10.4. The van der Waals surface area contributed by atoms with Gasteiger partial charge >= 0.3 is 7.82 Å². The third-order valence-corrected chi connectivity index (χ3v) is 4.18. The maximum atomic E-state index is 11.0. The van der Waals surface area contributed by atoms with Crippen LogP contribution in [0.3, 0.4) is 0 Å². The molecule has 2 rings (SSSR count). The molecule has 0 unspecified atom stereocenters. The number of rotatable bonds is 5. The quantitative estimate of drug-likeness (QED) is 0.400. The Morgan fingerprint density at radius 2 is 2.14 bits per heavy atom. The molecule has 6 N–H and O–H groups in total. The zero-order valence-corrected chi connectivity index (χ0v) is 12.1. The maximum absolute atomic E-state index is 11.0. The number of amides is 1. The van der Waals surface area contributed by atoms with Crippen LogP contribution in [0.2, 0.25) is 0 Å². The van der Waals surface area contributed by atoms with E-state index in [-0.39, 0.29) is 10.7 Å². The lowest BCUT2D eigenvalue weighted by atomic mass is 10.1. The van der Waals surface area contributed by atoms with Crippen molar-refractivity contribution in [2.24, 2.45) is 5.73 Å². The van der Waals surface area contributed by atoms with Gasteiger partial charge in [-0.3, -0.25) is 9.32 Å². The summed E-state index contributed by atoms with van der Waals surface area (Å²) in [6.45, 7) is -0.604. The number of ether oxygens (including phenoxy) is 1. The number of primary amides is 1. The molecule has 1 aromatic heterocycles. The van der Waals surface area contributed by atoms with Gasteiger partial charge in [0.2, 0.25) is 0 Å². The van der Waals surface area contributed by atoms with Crippen LogP contribution >= 0.6 is 19.2 Å². The molecule has 1 amide bonds. The number of hydrogen-bond acceptors (Lipinski definition) is 8. The molecule has 0 spiro atoms. The van der Waals surface area contributed by atoms with E-state index >= 15 is 0 Å². The van der Waals surface area contributed by atoms with Crippen molar-refractivity contribution in [3.63, 3.8) is 0 Å². The Balaban J connectivity index is 2.08. The fourth-order valence-corrected chi connectivity index (χ4v) is 3.02. The molecule has 0 saturated carbocycles. The van der Waals surface area contributed by atoms with Gasteiger partial charge in [0.1, 0.15) is 35.1 Å². The van der Waals surface area contributed by atoms with Crippen LogP contribution in [0.1, 0.15) is 21.6 Å². The smallest absolute Gasteiger partial charge is 0.387 e. The van der Waals surface area contributed by atoms with Crippen molar-refractivity contribution < 1.29 is 38.6 Å². The summed E-state index contributed by atoms with van der Waals surface area (Å²) in [5.41, 5.74) is 5.05. The molecule has 1 aliphatic rings. The minimum absolute atomic E-state index is 0.00444. The van der Waals surface area contributed by atoms with Gasteiger partial charge in [0, 0.05) is 5.38 Å². The van der Waals surface area contributed by atoms with Crippen LogP contribution in [0.5, 0.6) is 0 Å². The molecular formula is C9H13N2O8PS. The summed E-state index contributed by atoms with van der Waals surface area (Å²) in [4.78, 5) is 32.0. The van der Waals surface area contributed by atoms with Gasteiger partial charge in [0.25, 0.3) is 5.91 Å². The molecular weight excluding hydrogens is 327 g/mol. The first-order chi connectivity index (χ1) is 9.69. The van der Waals surface area contributed by atoms with Crippen LogP contribution in [0.15, 0.2) is 5.38 Å². The van der Waals surface area contributed by atoms with Crippen LogP contribution in [0.4, 0.5) is 0 Å². The first-order valence-corrected chi connectivity index (χ1v) is 8.07. The molecule has 0 bridgehead atoms. The van der Waals surface area contributed by atoms with E-state index in [9.17, 15) is 19.6 Å². The Kier molecular flexibility index (Phi) is 4.76. The van der Waals surface area contributed by atoms with Crippen LogP contribution < -0.4 is 5.73 Å². The third kappa shape index (κ3) is 3.84. The fourth-order valence-electron chi connectivity index (χ4n) is 1.79. The molecule has 12 heteroatoms. The average Bonchev–Trinajstić information content (AvgIpc) is 2.94. The first-order valence-electron chi connectivity index (χ1n) is 5.66. The van der Waals surface area contributed by atoms with E-state index in [4.69, 9.17) is 20.3 Å². The number of carbonyl (C=O) groups is 1. The molecule has 4 atom stereocenters. The minimum atomic E-state index is -4.71. The minimum Gasteiger partial charge on any atom is -0.387 e. The van der Waals surface area contributed by atoms with E-state index in [0.29, 0.717) is 0 Å². The standard InChI is InChI=1S/C9H13N2O8PS/c10-8(14)3-2-21-9(11-3)7-6(13)5(12)4(19-7)1-18-20(15,16)17/h2,4-7,12-13H,1H2,(H2,10,14)(H2,15,16,17)/t4-,5+,6+,7+/m0/s1. The number of nitrogens with zero attached hydrogens (tertiary/aromatic N) is 1. The number of nitrogens with two attached hydrogens (primary N) is 1. The second-order valence-electron chi connectivity index (χ2n) is 4.30. The molecule has 2 heterocycles. The van der Waals surface area contributed by atoms with Crippen LogP contribution in [0.25, 0.3) is 0 Å².